The van der Waals surface area contributed by atoms with Crippen molar-refractivity contribution in [1.29, 1.82) is 0 Å². The molecule has 80 valence electrons. The van der Waals surface area contributed by atoms with Crippen molar-refractivity contribution >= 4 is 10.0 Å². The molecule has 0 aromatic heterocycles. The molecule has 0 amide bonds. The molecule has 0 saturated heterocycles. The molecule has 0 atom stereocenters. The summed E-state index contributed by atoms with van der Waals surface area (Å²) in [4.78, 5) is 0.369. The maximum atomic E-state index is 12.1. The highest BCUT2D eigenvalue weighted by Crippen LogP contribution is 2.19. The highest BCUT2D eigenvalue weighted by atomic mass is 32.2. The van der Waals surface area contributed by atoms with Gasteiger partial charge in [0.2, 0.25) is 10.0 Å². The molecule has 0 radical (unpaired) electrons. The molecule has 0 bridgehead atoms. The summed E-state index contributed by atoms with van der Waals surface area (Å²) in [5, 5.41) is 0. The minimum absolute atomic E-state index is 0.369. The van der Waals surface area contributed by atoms with E-state index in [1.54, 1.807) is 24.3 Å². The highest BCUT2D eigenvalue weighted by Gasteiger charge is 2.26. The lowest BCUT2D eigenvalue weighted by Gasteiger charge is -2.15. The van der Waals surface area contributed by atoms with Crippen LogP contribution in [0.5, 0.6) is 0 Å². The Bertz CT molecular complexity index is 477. The normalized spacial score (nSPS) is 17.8. The van der Waals surface area contributed by atoms with Crippen LogP contribution in [0.15, 0.2) is 46.9 Å². The van der Waals surface area contributed by atoms with Gasteiger partial charge < -0.3 is 0 Å². The van der Waals surface area contributed by atoms with E-state index in [9.17, 15) is 8.42 Å². The van der Waals surface area contributed by atoms with Crippen LogP contribution in [-0.2, 0) is 10.0 Å². The molecule has 0 aliphatic carbocycles. The third-order valence-corrected chi connectivity index (χ3v) is 4.28. The molecule has 1 aromatic rings. The van der Waals surface area contributed by atoms with Crippen LogP contribution < -0.4 is 0 Å². The van der Waals surface area contributed by atoms with Gasteiger partial charge in [0.25, 0.3) is 0 Å². The van der Waals surface area contributed by atoms with Gasteiger partial charge in [-0.15, -0.1) is 0 Å². The zero-order chi connectivity index (χ0) is 10.9. The standard InChI is InChI=1S/C11H13NO2S/c1-10-7-8-12(9-10)15(13,14)11-5-3-2-4-6-11/h2-7H,8-9H2,1H3. The second-order valence-electron chi connectivity index (χ2n) is 3.66. The zero-order valence-electron chi connectivity index (χ0n) is 8.55. The van der Waals surface area contributed by atoms with E-state index >= 15 is 0 Å². The second kappa shape index (κ2) is 3.79. The lowest BCUT2D eigenvalue weighted by Crippen LogP contribution is -2.28. The van der Waals surface area contributed by atoms with E-state index in [4.69, 9.17) is 0 Å². The van der Waals surface area contributed by atoms with Crippen LogP contribution >= 0.6 is 0 Å². The number of rotatable bonds is 2. The summed E-state index contributed by atoms with van der Waals surface area (Å²) in [5.74, 6) is 0. The minimum Gasteiger partial charge on any atom is -0.207 e. The van der Waals surface area contributed by atoms with Crippen LogP contribution in [0.1, 0.15) is 6.92 Å². The Morgan fingerprint density at radius 1 is 1.20 bits per heavy atom. The van der Waals surface area contributed by atoms with Crippen LogP contribution in [0.25, 0.3) is 0 Å². The highest BCUT2D eigenvalue weighted by molar-refractivity contribution is 7.89. The van der Waals surface area contributed by atoms with Crippen molar-refractivity contribution in [2.24, 2.45) is 0 Å². The van der Waals surface area contributed by atoms with E-state index in [-0.39, 0.29) is 0 Å². The minimum atomic E-state index is -3.29. The summed E-state index contributed by atoms with van der Waals surface area (Å²) in [6.07, 6.45) is 1.94. The van der Waals surface area contributed by atoms with Gasteiger partial charge in [-0.3, -0.25) is 0 Å². The first-order chi connectivity index (χ1) is 7.10. The molecule has 0 fully saturated rings. The Balaban J connectivity index is 2.30. The quantitative estimate of drug-likeness (QED) is 0.715. The second-order valence-corrected chi connectivity index (χ2v) is 5.60. The Morgan fingerprint density at radius 3 is 2.40 bits per heavy atom. The predicted molar refractivity (Wildman–Crippen MR) is 59.0 cm³/mol. The summed E-state index contributed by atoms with van der Waals surface area (Å²) in [7, 11) is -3.29. The molecule has 0 saturated carbocycles. The van der Waals surface area contributed by atoms with Crippen molar-refractivity contribution in [2.45, 2.75) is 11.8 Å². The molecule has 1 aliphatic rings. The molecular weight excluding hydrogens is 210 g/mol. The molecular formula is C11H13NO2S. The van der Waals surface area contributed by atoms with Crippen LogP contribution in [0.4, 0.5) is 0 Å². The summed E-state index contributed by atoms with van der Waals surface area (Å²) >= 11 is 0. The summed E-state index contributed by atoms with van der Waals surface area (Å²) in [6.45, 7) is 2.95. The van der Waals surface area contributed by atoms with Gasteiger partial charge in [-0.05, 0) is 19.1 Å². The SMILES string of the molecule is CC1=CCN(S(=O)(=O)c2ccccc2)C1. The number of benzene rings is 1. The van der Waals surface area contributed by atoms with Gasteiger partial charge in [0.15, 0.2) is 0 Å². The average molecular weight is 223 g/mol. The van der Waals surface area contributed by atoms with Gasteiger partial charge in [0, 0.05) is 13.1 Å². The number of hydrogen-bond acceptors (Lipinski definition) is 2. The third kappa shape index (κ3) is 1.96. The summed E-state index contributed by atoms with van der Waals surface area (Å²) in [5.41, 5.74) is 1.11. The van der Waals surface area contributed by atoms with E-state index in [0.29, 0.717) is 18.0 Å². The number of nitrogens with zero attached hydrogens (tertiary/aromatic N) is 1. The Morgan fingerprint density at radius 2 is 1.87 bits per heavy atom. The summed E-state index contributed by atoms with van der Waals surface area (Å²) < 4.78 is 25.6. The van der Waals surface area contributed by atoms with Crippen LogP contribution in [0.3, 0.4) is 0 Å². The van der Waals surface area contributed by atoms with E-state index < -0.39 is 10.0 Å². The third-order valence-electron chi connectivity index (χ3n) is 2.45. The van der Waals surface area contributed by atoms with Gasteiger partial charge in [0.1, 0.15) is 0 Å². The Labute approximate surface area is 90.1 Å². The van der Waals surface area contributed by atoms with E-state index in [2.05, 4.69) is 0 Å². The van der Waals surface area contributed by atoms with Gasteiger partial charge in [-0.2, -0.15) is 4.31 Å². The predicted octanol–water partition coefficient (Wildman–Crippen LogP) is 1.64. The zero-order valence-corrected chi connectivity index (χ0v) is 9.37. The smallest absolute Gasteiger partial charge is 0.207 e. The molecule has 0 spiro atoms. The molecule has 0 unspecified atom stereocenters. The van der Waals surface area contributed by atoms with Gasteiger partial charge in [-0.1, -0.05) is 29.8 Å². The monoisotopic (exact) mass is 223 g/mol. The lowest BCUT2D eigenvalue weighted by atomic mass is 10.3. The van der Waals surface area contributed by atoms with Crippen LogP contribution in [0, 0.1) is 0 Å². The molecule has 4 heteroatoms. The van der Waals surface area contributed by atoms with Crippen molar-refractivity contribution in [1.82, 2.24) is 4.31 Å². The van der Waals surface area contributed by atoms with E-state index in [0.717, 1.165) is 5.57 Å². The maximum Gasteiger partial charge on any atom is 0.243 e. The fraction of sp³-hybridized carbons (Fsp3) is 0.273. The van der Waals surface area contributed by atoms with Crippen molar-refractivity contribution in [2.75, 3.05) is 13.1 Å². The van der Waals surface area contributed by atoms with Crippen LogP contribution in [-0.4, -0.2) is 25.8 Å². The topological polar surface area (TPSA) is 37.4 Å². The lowest BCUT2D eigenvalue weighted by molar-refractivity contribution is 0.484. The molecule has 1 aromatic carbocycles. The van der Waals surface area contributed by atoms with Gasteiger partial charge in [0.05, 0.1) is 4.90 Å². The molecule has 15 heavy (non-hydrogen) atoms. The van der Waals surface area contributed by atoms with E-state index in [1.807, 2.05) is 19.1 Å². The average Bonchev–Trinajstić information content (AvgIpc) is 2.67. The first kappa shape index (κ1) is 10.4. The number of sulfonamides is 1. The maximum absolute atomic E-state index is 12.1. The first-order valence-corrected chi connectivity index (χ1v) is 6.25. The molecule has 0 N–H and O–H groups in total. The molecule has 1 heterocycles. The van der Waals surface area contributed by atoms with Crippen molar-refractivity contribution in [3.8, 4) is 0 Å². The fourth-order valence-corrected chi connectivity index (χ4v) is 3.03. The first-order valence-electron chi connectivity index (χ1n) is 4.81. The van der Waals surface area contributed by atoms with Gasteiger partial charge in [-0.25, -0.2) is 8.42 Å². The molecule has 3 nitrogen and oxygen atoms in total. The Hall–Kier alpha value is -1.13. The van der Waals surface area contributed by atoms with Crippen molar-refractivity contribution < 1.29 is 8.42 Å². The molecule has 1 aliphatic heterocycles. The van der Waals surface area contributed by atoms with E-state index in [1.165, 1.54) is 4.31 Å². The number of hydrogen-bond donors (Lipinski definition) is 0. The van der Waals surface area contributed by atoms with Crippen molar-refractivity contribution in [3.05, 3.63) is 42.0 Å². The van der Waals surface area contributed by atoms with Crippen molar-refractivity contribution in [3.63, 3.8) is 0 Å². The van der Waals surface area contributed by atoms with Gasteiger partial charge >= 0.3 is 0 Å². The largest absolute Gasteiger partial charge is 0.243 e. The Kier molecular flexibility index (Phi) is 2.63. The molecule has 2 rings (SSSR count). The van der Waals surface area contributed by atoms with Crippen LogP contribution in [0.2, 0.25) is 0 Å². The fourth-order valence-electron chi connectivity index (χ4n) is 1.59. The summed E-state index contributed by atoms with van der Waals surface area (Å²) in [6, 6.07) is 8.55.